The van der Waals surface area contributed by atoms with Gasteiger partial charge in [-0.1, -0.05) is 13.8 Å². The molecule has 2 saturated heterocycles. The van der Waals surface area contributed by atoms with Crippen LogP contribution in [0.5, 0.6) is 0 Å². The van der Waals surface area contributed by atoms with Crippen LogP contribution in [0.1, 0.15) is 31.7 Å². The molecular weight excluding hydrogens is 300 g/mol. The van der Waals surface area contributed by atoms with Gasteiger partial charge in [-0.05, 0) is 23.8 Å². The molecule has 2 aliphatic rings. The molecule has 2 aliphatic heterocycles. The molecule has 124 valence electrons. The van der Waals surface area contributed by atoms with Crippen molar-refractivity contribution in [3.63, 3.8) is 0 Å². The van der Waals surface area contributed by atoms with Crippen molar-refractivity contribution in [2.75, 3.05) is 26.2 Å². The highest BCUT2D eigenvalue weighted by Gasteiger charge is 2.38. The second kappa shape index (κ2) is 7.01. The fourth-order valence-electron chi connectivity index (χ4n) is 4.00. The maximum Gasteiger partial charge on any atom is 0.227 e. The average Bonchev–Trinajstić information content (AvgIpc) is 3.04. The number of amides is 1. The number of carbonyl (C=O) groups excluding carboxylic acids is 1. The Morgan fingerprint density at radius 3 is 2.55 bits per heavy atom. The van der Waals surface area contributed by atoms with E-state index in [0.717, 1.165) is 26.2 Å². The monoisotopic (exact) mass is 326 g/mol. The first-order valence-electron chi connectivity index (χ1n) is 8.02. The second-order valence-corrected chi connectivity index (χ2v) is 7.01. The SMILES string of the molecule is CC1CC(C)CN(C(=O)[C@H]2CNC[C@@H]2c2cnn(C)c2)C1.Cl. The van der Waals surface area contributed by atoms with E-state index in [1.165, 1.54) is 12.0 Å². The minimum atomic E-state index is 0. The lowest BCUT2D eigenvalue weighted by Crippen LogP contribution is -2.46. The van der Waals surface area contributed by atoms with E-state index in [9.17, 15) is 4.79 Å². The molecule has 1 aromatic heterocycles. The van der Waals surface area contributed by atoms with E-state index in [4.69, 9.17) is 0 Å². The van der Waals surface area contributed by atoms with Crippen LogP contribution in [0.2, 0.25) is 0 Å². The van der Waals surface area contributed by atoms with Crippen molar-refractivity contribution >= 4 is 18.3 Å². The normalized spacial score (nSPS) is 31.9. The molecule has 0 aliphatic carbocycles. The summed E-state index contributed by atoms with van der Waals surface area (Å²) in [7, 11) is 1.93. The molecule has 0 spiro atoms. The van der Waals surface area contributed by atoms with Crippen molar-refractivity contribution in [2.24, 2.45) is 24.8 Å². The quantitative estimate of drug-likeness (QED) is 0.899. The molecule has 0 aromatic carbocycles. The van der Waals surface area contributed by atoms with E-state index in [0.29, 0.717) is 17.7 Å². The third-order valence-corrected chi connectivity index (χ3v) is 4.86. The summed E-state index contributed by atoms with van der Waals surface area (Å²) in [6, 6.07) is 0. The van der Waals surface area contributed by atoms with Crippen LogP contribution in [0.25, 0.3) is 0 Å². The molecule has 5 nitrogen and oxygen atoms in total. The fraction of sp³-hybridized carbons (Fsp3) is 0.750. The Morgan fingerprint density at radius 2 is 1.95 bits per heavy atom. The summed E-state index contributed by atoms with van der Waals surface area (Å²) in [6.45, 7) is 8.00. The Hall–Kier alpha value is -1.07. The molecule has 1 N–H and O–H groups in total. The predicted molar refractivity (Wildman–Crippen MR) is 89.1 cm³/mol. The zero-order chi connectivity index (χ0) is 15.0. The Labute approximate surface area is 138 Å². The predicted octanol–water partition coefficient (Wildman–Crippen LogP) is 1.65. The molecule has 1 aromatic rings. The number of carbonyl (C=O) groups is 1. The number of rotatable bonds is 2. The Kier molecular flexibility index (Phi) is 5.50. The molecule has 22 heavy (non-hydrogen) atoms. The van der Waals surface area contributed by atoms with Crippen LogP contribution in [0.15, 0.2) is 12.4 Å². The van der Waals surface area contributed by atoms with Gasteiger partial charge in [-0.3, -0.25) is 9.48 Å². The summed E-state index contributed by atoms with van der Waals surface area (Å²) in [5.41, 5.74) is 1.18. The summed E-state index contributed by atoms with van der Waals surface area (Å²) < 4.78 is 1.82. The van der Waals surface area contributed by atoms with Crippen LogP contribution in [0, 0.1) is 17.8 Å². The Bertz CT molecular complexity index is 508. The standard InChI is InChI=1S/C16H26N4O.ClH/c1-11-4-12(2)9-20(8-11)16(21)15-7-17-6-14(15)13-5-18-19(3)10-13;/h5,10-12,14-15,17H,4,6-9H2,1-3H3;1H/t11?,12?,14-,15+;/m1./s1. The van der Waals surface area contributed by atoms with Gasteiger partial charge in [0.1, 0.15) is 0 Å². The molecule has 2 fully saturated rings. The van der Waals surface area contributed by atoms with Crippen molar-refractivity contribution in [2.45, 2.75) is 26.2 Å². The Morgan fingerprint density at radius 1 is 1.27 bits per heavy atom. The number of piperidine rings is 1. The first-order chi connectivity index (χ1) is 10.0. The number of nitrogens with one attached hydrogen (secondary N) is 1. The maximum atomic E-state index is 12.9. The number of likely N-dealkylation sites (tertiary alicyclic amines) is 1. The van der Waals surface area contributed by atoms with E-state index in [2.05, 4.69) is 29.2 Å². The summed E-state index contributed by atoms with van der Waals surface area (Å²) in [5, 5.41) is 7.64. The topological polar surface area (TPSA) is 50.2 Å². The van der Waals surface area contributed by atoms with Crippen LogP contribution in [-0.2, 0) is 11.8 Å². The van der Waals surface area contributed by atoms with E-state index < -0.39 is 0 Å². The number of nitrogens with zero attached hydrogens (tertiary/aromatic N) is 3. The maximum absolute atomic E-state index is 12.9. The lowest BCUT2D eigenvalue weighted by molar-refractivity contribution is -0.138. The lowest BCUT2D eigenvalue weighted by Gasteiger charge is -2.37. The van der Waals surface area contributed by atoms with Crippen molar-refractivity contribution < 1.29 is 4.79 Å². The zero-order valence-electron chi connectivity index (χ0n) is 13.7. The van der Waals surface area contributed by atoms with Crippen molar-refractivity contribution in [3.05, 3.63) is 18.0 Å². The average molecular weight is 327 g/mol. The van der Waals surface area contributed by atoms with Crippen molar-refractivity contribution in [1.82, 2.24) is 20.0 Å². The van der Waals surface area contributed by atoms with Gasteiger partial charge in [-0.15, -0.1) is 12.4 Å². The van der Waals surface area contributed by atoms with E-state index in [1.54, 1.807) is 0 Å². The summed E-state index contributed by atoms with van der Waals surface area (Å²) in [6.07, 6.45) is 5.18. The fourth-order valence-corrected chi connectivity index (χ4v) is 4.00. The highest BCUT2D eigenvalue weighted by atomic mass is 35.5. The van der Waals surface area contributed by atoms with Gasteiger partial charge in [0.25, 0.3) is 0 Å². The largest absolute Gasteiger partial charge is 0.342 e. The lowest BCUT2D eigenvalue weighted by atomic mass is 9.87. The van der Waals surface area contributed by atoms with Crippen LogP contribution in [0.4, 0.5) is 0 Å². The van der Waals surface area contributed by atoms with Crippen molar-refractivity contribution in [3.8, 4) is 0 Å². The molecule has 0 saturated carbocycles. The second-order valence-electron chi connectivity index (χ2n) is 7.01. The molecule has 6 heteroatoms. The molecule has 1 amide bonds. The molecule has 0 bridgehead atoms. The van der Waals surface area contributed by atoms with E-state index >= 15 is 0 Å². The molecular formula is C16H27ClN4O. The van der Waals surface area contributed by atoms with Gasteiger partial charge >= 0.3 is 0 Å². The summed E-state index contributed by atoms with van der Waals surface area (Å²) in [4.78, 5) is 15.0. The first-order valence-corrected chi connectivity index (χ1v) is 8.02. The van der Waals surface area contributed by atoms with Gasteiger partial charge < -0.3 is 10.2 Å². The highest BCUT2D eigenvalue weighted by molar-refractivity contribution is 5.85. The first kappa shape index (κ1) is 17.3. The van der Waals surface area contributed by atoms with Crippen LogP contribution >= 0.6 is 12.4 Å². The molecule has 3 heterocycles. The molecule has 2 unspecified atom stereocenters. The van der Waals surface area contributed by atoms with E-state index in [1.807, 2.05) is 24.1 Å². The third-order valence-electron chi connectivity index (χ3n) is 4.86. The van der Waals surface area contributed by atoms with Gasteiger partial charge in [0.05, 0.1) is 12.1 Å². The van der Waals surface area contributed by atoms with Gasteiger partial charge in [0.2, 0.25) is 5.91 Å². The number of halogens is 1. The number of aromatic nitrogens is 2. The number of hydrogen-bond donors (Lipinski definition) is 1. The smallest absolute Gasteiger partial charge is 0.227 e. The van der Waals surface area contributed by atoms with Crippen LogP contribution < -0.4 is 5.32 Å². The Balaban J connectivity index is 0.00000176. The van der Waals surface area contributed by atoms with Crippen molar-refractivity contribution in [1.29, 1.82) is 0 Å². The number of aryl methyl sites for hydroxylation is 1. The molecule has 0 radical (unpaired) electrons. The van der Waals surface area contributed by atoms with Gasteiger partial charge in [-0.25, -0.2) is 0 Å². The minimum Gasteiger partial charge on any atom is -0.342 e. The third kappa shape index (κ3) is 3.46. The highest BCUT2D eigenvalue weighted by Crippen LogP contribution is 2.31. The summed E-state index contributed by atoms with van der Waals surface area (Å²) in [5.74, 6) is 1.88. The molecule has 4 atom stereocenters. The van der Waals surface area contributed by atoms with Crippen LogP contribution in [0.3, 0.4) is 0 Å². The summed E-state index contributed by atoms with van der Waals surface area (Å²) >= 11 is 0. The van der Waals surface area contributed by atoms with Gasteiger partial charge in [-0.2, -0.15) is 5.10 Å². The zero-order valence-corrected chi connectivity index (χ0v) is 14.5. The van der Waals surface area contributed by atoms with E-state index in [-0.39, 0.29) is 24.2 Å². The molecule has 3 rings (SSSR count). The van der Waals surface area contributed by atoms with Gasteiger partial charge in [0, 0.05) is 45.3 Å². The van der Waals surface area contributed by atoms with Gasteiger partial charge in [0.15, 0.2) is 0 Å². The number of hydrogen-bond acceptors (Lipinski definition) is 3. The van der Waals surface area contributed by atoms with Crippen LogP contribution in [-0.4, -0.2) is 46.8 Å². The minimum absolute atomic E-state index is 0.